The van der Waals surface area contributed by atoms with Crippen LogP contribution in [0.2, 0.25) is 0 Å². The van der Waals surface area contributed by atoms with Gasteiger partial charge in [0.25, 0.3) is 0 Å². The van der Waals surface area contributed by atoms with Gasteiger partial charge in [0, 0.05) is 32.5 Å². The normalized spacial score (nSPS) is 16.4. The van der Waals surface area contributed by atoms with E-state index in [1.54, 1.807) is 0 Å². The maximum atomic E-state index is 4.56. The SMILES string of the molecule is CC(Nc1cccnc1N1CCCC1)c1ccnn1C. The summed E-state index contributed by atoms with van der Waals surface area (Å²) in [5.41, 5.74) is 2.27. The van der Waals surface area contributed by atoms with E-state index in [-0.39, 0.29) is 6.04 Å². The molecular formula is C15H21N5. The van der Waals surface area contributed by atoms with Crippen LogP contribution in [0.1, 0.15) is 31.5 Å². The van der Waals surface area contributed by atoms with E-state index in [9.17, 15) is 0 Å². The van der Waals surface area contributed by atoms with Crippen LogP contribution in [0.25, 0.3) is 0 Å². The predicted octanol–water partition coefficient (Wildman–Crippen LogP) is 2.59. The fourth-order valence-corrected chi connectivity index (χ4v) is 2.81. The monoisotopic (exact) mass is 271 g/mol. The number of aromatic nitrogens is 3. The van der Waals surface area contributed by atoms with E-state index in [4.69, 9.17) is 0 Å². The van der Waals surface area contributed by atoms with Gasteiger partial charge in [0.05, 0.1) is 17.4 Å². The van der Waals surface area contributed by atoms with Gasteiger partial charge < -0.3 is 10.2 Å². The lowest BCUT2D eigenvalue weighted by Gasteiger charge is -2.23. The molecule has 1 aliphatic rings. The van der Waals surface area contributed by atoms with Crippen molar-refractivity contribution in [3.8, 4) is 0 Å². The summed E-state index contributed by atoms with van der Waals surface area (Å²) in [5, 5.41) is 7.80. The van der Waals surface area contributed by atoms with Crippen molar-refractivity contribution in [2.75, 3.05) is 23.3 Å². The molecule has 106 valence electrons. The summed E-state index contributed by atoms with van der Waals surface area (Å²) >= 11 is 0. The summed E-state index contributed by atoms with van der Waals surface area (Å²) in [6, 6.07) is 6.34. The molecule has 0 spiro atoms. The van der Waals surface area contributed by atoms with Gasteiger partial charge in [-0.3, -0.25) is 4.68 Å². The van der Waals surface area contributed by atoms with Crippen molar-refractivity contribution in [2.24, 2.45) is 7.05 Å². The van der Waals surface area contributed by atoms with E-state index in [0.717, 1.165) is 24.6 Å². The number of nitrogens with one attached hydrogen (secondary N) is 1. The second kappa shape index (κ2) is 5.53. The van der Waals surface area contributed by atoms with Crippen LogP contribution in [0.5, 0.6) is 0 Å². The molecule has 3 rings (SSSR count). The lowest BCUT2D eigenvalue weighted by molar-refractivity contribution is 0.675. The van der Waals surface area contributed by atoms with Gasteiger partial charge in [-0.2, -0.15) is 5.10 Å². The highest BCUT2D eigenvalue weighted by Crippen LogP contribution is 2.29. The lowest BCUT2D eigenvalue weighted by Crippen LogP contribution is -2.21. The standard InChI is InChI=1S/C15H21N5/c1-12(14-7-9-17-19(14)2)18-13-6-5-8-16-15(13)20-10-3-4-11-20/h5-9,12,18H,3-4,10-11H2,1-2H3. The van der Waals surface area contributed by atoms with Crippen molar-refractivity contribution >= 4 is 11.5 Å². The summed E-state index contributed by atoms with van der Waals surface area (Å²) in [6.07, 6.45) is 6.21. The van der Waals surface area contributed by atoms with E-state index in [1.165, 1.54) is 18.5 Å². The van der Waals surface area contributed by atoms with E-state index in [0.29, 0.717) is 0 Å². The first kappa shape index (κ1) is 13.0. The highest BCUT2D eigenvalue weighted by Gasteiger charge is 2.18. The van der Waals surface area contributed by atoms with Crippen molar-refractivity contribution in [1.29, 1.82) is 0 Å². The topological polar surface area (TPSA) is 46.0 Å². The zero-order chi connectivity index (χ0) is 13.9. The molecule has 0 radical (unpaired) electrons. The Labute approximate surface area is 119 Å². The van der Waals surface area contributed by atoms with Crippen LogP contribution in [0.3, 0.4) is 0 Å². The van der Waals surface area contributed by atoms with Crippen molar-refractivity contribution in [2.45, 2.75) is 25.8 Å². The second-order valence-corrected chi connectivity index (χ2v) is 5.31. The molecule has 0 amide bonds. The third-order valence-electron chi connectivity index (χ3n) is 3.87. The molecule has 2 aromatic heterocycles. The van der Waals surface area contributed by atoms with E-state index in [2.05, 4.69) is 33.3 Å². The molecule has 0 saturated carbocycles. The van der Waals surface area contributed by atoms with Crippen LogP contribution in [-0.4, -0.2) is 27.9 Å². The van der Waals surface area contributed by atoms with E-state index >= 15 is 0 Å². The Morgan fingerprint density at radius 1 is 1.20 bits per heavy atom. The Balaban J connectivity index is 1.82. The molecule has 0 aliphatic carbocycles. The summed E-state index contributed by atoms with van der Waals surface area (Å²) < 4.78 is 1.91. The molecule has 1 fully saturated rings. The number of anilines is 2. The molecule has 0 aromatic carbocycles. The van der Waals surface area contributed by atoms with Gasteiger partial charge >= 0.3 is 0 Å². The summed E-state index contributed by atoms with van der Waals surface area (Å²) in [7, 11) is 1.97. The number of pyridine rings is 1. The first-order valence-corrected chi connectivity index (χ1v) is 7.20. The predicted molar refractivity (Wildman–Crippen MR) is 80.9 cm³/mol. The second-order valence-electron chi connectivity index (χ2n) is 5.31. The van der Waals surface area contributed by atoms with Crippen LogP contribution in [0.4, 0.5) is 11.5 Å². The van der Waals surface area contributed by atoms with E-state index < -0.39 is 0 Å². The van der Waals surface area contributed by atoms with Crippen LogP contribution < -0.4 is 10.2 Å². The summed E-state index contributed by atoms with van der Waals surface area (Å²) in [6.45, 7) is 4.36. The number of aryl methyl sites for hydroxylation is 1. The van der Waals surface area contributed by atoms with Gasteiger partial charge in [0.1, 0.15) is 0 Å². The molecule has 1 atom stereocenters. The van der Waals surface area contributed by atoms with Crippen LogP contribution in [0, 0.1) is 0 Å². The minimum atomic E-state index is 0.202. The molecule has 2 aromatic rings. The number of hydrogen-bond donors (Lipinski definition) is 1. The third-order valence-corrected chi connectivity index (χ3v) is 3.87. The minimum absolute atomic E-state index is 0.202. The van der Waals surface area contributed by atoms with Crippen molar-refractivity contribution in [3.63, 3.8) is 0 Å². The fraction of sp³-hybridized carbons (Fsp3) is 0.467. The fourth-order valence-electron chi connectivity index (χ4n) is 2.81. The third kappa shape index (κ3) is 2.48. The molecule has 3 heterocycles. The molecule has 5 nitrogen and oxygen atoms in total. The van der Waals surface area contributed by atoms with Gasteiger partial charge in [0.2, 0.25) is 0 Å². The average molecular weight is 271 g/mol. The Hall–Kier alpha value is -2.04. The maximum absolute atomic E-state index is 4.56. The van der Waals surface area contributed by atoms with Crippen molar-refractivity contribution in [3.05, 3.63) is 36.3 Å². The van der Waals surface area contributed by atoms with Crippen LogP contribution >= 0.6 is 0 Å². The maximum Gasteiger partial charge on any atom is 0.151 e. The zero-order valence-electron chi connectivity index (χ0n) is 12.1. The zero-order valence-corrected chi connectivity index (χ0v) is 12.1. The molecule has 1 saturated heterocycles. The van der Waals surface area contributed by atoms with Gasteiger partial charge in [-0.1, -0.05) is 0 Å². The number of hydrogen-bond acceptors (Lipinski definition) is 4. The quantitative estimate of drug-likeness (QED) is 0.928. The van der Waals surface area contributed by atoms with Crippen molar-refractivity contribution in [1.82, 2.24) is 14.8 Å². The molecule has 0 bridgehead atoms. The summed E-state index contributed by atoms with van der Waals surface area (Å²) in [4.78, 5) is 6.92. The number of rotatable bonds is 4. The van der Waals surface area contributed by atoms with Gasteiger partial charge in [-0.25, -0.2) is 4.98 Å². The van der Waals surface area contributed by atoms with Crippen LogP contribution in [-0.2, 0) is 7.05 Å². The Morgan fingerprint density at radius 3 is 2.70 bits per heavy atom. The van der Waals surface area contributed by atoms with Crippen LogP contribution in [0.15, 0.2) is 30.6 Å². The lowest BCUT2D eigenvalue weighted by atomic mass is 10.2. The smallest absolute Gasteiger partial charge is 0.151 e. The molecular weight excluding hydrogens is 250 g/mol. The van der Waals surface area contributed by atoms with Gasteiger partial charge in [0.15, 0.2) is 5.82 Å². The highest BCUT2D eigenvalue weighted by molar-refractivity contribution is 5.66. The molecule has 1 unspecified atom stereocenters. The minimum Gasteiger partial charge on any atom is -0.374 e. The van der Waals surface area contributed by atoms with Gasteiger partial charge in [-0.05, 0) is 38.0 Å². The molecule has 1 aliphatic heterocycles. The molecule has 20 heavy (non-hydrogen) atoms. The Kier molecular flexibility index (Phi) is 3.58. The molecule has 5 heteroatoms. The highest BCUT2D eigenvalue weighted by atomic mass is 15.3. The Bertz CT molecular complexity index is 571. The largest absolute Gasteiger partial charge is 0.374 e. The van der Waals surface area contributed by atoms with Crippen molar-refractivity contribution < 1.29 is 0 Å². The average Bonchev–Trinajstić information content (AvgIpc) is 3.10. The van der Waals surface area contributed by atoms with E-state index in [1.807, 2.05) is 36.3 Å². The first-order valence-electron chi connectivity index (χ1n) is 7.20. The van der Waals surface area contributed by atoms with Gasteiger partial charge in [-0.15, -0.1) is 0 Å². The Morgan fingerprint density at radius 2 is 2.00 bits per heavy atom. The molecule has 1 N–H and O–H groups in total. The first-order chi connectivity index (χ1) is 9.75. The number of nitrogens with zero attached hydrogens (tertiary/aromatic N) is 4. The summed E-state index contributed by atoms with van der Waals surface area (Å²) in [5.74, 6) is 1.07.